The van der Waals surface area contributed by atoms with Crippen LogP contribution in [0.15, 0.2) is 65.3 Å². The number of halogens is 3. The lowest BCUT2D eigenvalue weighted by Crippen LogP contribution is -2.25. The van der Waals surface area contributed by atoms with E-state index in [9.17, 15) is 22.8 Å². The van der Waals surface area contributed by atoms with E-state index >= 15 is 0 Å². The van der Waals surface area contributed by atoms with Crippen LogP contribution in [0.3, 0.4) is 0 Å². The number of alkyl halides is 3. The van der Waals surface area contributed by atoms with Crippen LogP contribution in [0.2, 0.25) is 0 Å². The van der Waals surface area contributed by atoms with Crippen LogP contribution in [0.1, 0.15) is 12.5 Å². The number of hydrogen-bond donors (Lipinski definition) is 0. The van der Waals surface area contributed by atoms with Crippen molar-refractivity contribution in [1.29, 1.82) is 0 Å². The van der Waals surface area contributed by atoms with E-state index in [0.29, 0.717) is 5.01 Å². The molecule has 0 radical (unpaired) electrons. The van der Waals surface area contributed by atoms with Gasteiger partial charge in [-0.2, -0.15) is 23.3 Å². The SMILES string of the molecule is CCOC(=O)COc1ccccc1/C=C1\C(=O)N(c2ccccc2)N=C1C(F)(F)F. The van der Waals surface area contributed by atoms with Gasteiger partial charge in [0.2, 0.25) is 0 Å². The van der Waals surface area contributed by atoms with Gasteiger partial charge in [-0.15, -0.1) is 0 Å². The quantitative estimate of drug-likeness (QED) is 0.526. The zero-order valence-corrected chi connectivity index (χ0v) is 15.8. The number of esters is 1. The van der Waals surface area contributed by atoms with Gasteiger partial charge in [-0.1, -0.05) is 36.4 Å². The molecule has 0 unspecified atom stereocenters. The number of carbonyl (C=O) groups excluding carboxylic acids is 2. The van der Waals surface area contributed by atoms with E-state index in [0.717, 1.165) is 6.08 Å². The van der Waals surface area contributed by atoms with Crippen molar-refractivity contribution in [2.45, 2.75) is 13.1 Å². The van der Waals surface area contributed by atoms with Crippen LogP contribution in [0, 0.1) is 0 Å². The summed E-state index contributed by atoms with van der Waals surface area (Å²) in [4.78, 5) is 24.3. The monoisotopic (exact) mass is 418 g/mol. The van der Waals surface area contributed by atoms with Gasteiger partial charge in [0.1, 0.15) is 5.75 Å². The lowest BCUT2D eigenvalue weighted by molar-refractivity contribution is -0.145. The number of benzene rings is 2. The van der Waals surface area contributed by atoms with Gasteiger partial charge in [-0.3, -0.25) is 4.79 Å². The third kappa shape index (κ3) is 4.68. The zero-order valence-electron chi connectivity index (χ0n) is 15.8. The van der Waals surface area contributed by atoms with Crippen molar-refractivity contribution in [1.82, 2.24) is 0 Å². The first-order valence-electron chi connectivity index (χ1n) is 8.96. The Morgan fingerprint density at radius 1 is 1.10 bits per heavy atom. The molecule has 6 nitrogen and oxygen atoms in total. The zero-order chi connectivity index (χ0) is 21.7. The Labute approximate surface area is 170 Å². The van der Waals surface area contributed by atoms with Gasteiger partial charge in [-0.05, 0) is 31.2 Å². The summed E-state index contributed by atoms with van der Waals surface area (Å²) in [5.74, 6) is -1.41. The van der Waals surface area contributed by atoms with E-state index in [-0.39, 0.29) is 23.6 Å². The van der Waals surface area contributed by atoms with E-state index < -0.39 is 35.9 Å². The molecule has 156 valence electrons. The second-order valence-corrected chi connectivity index (χ2v) is 6.09. The molecule has 0 N–H and O–H groups in total. The van der Waals surface area contributed by atoms with E-state index in [2.05, 4.69) is 5.10 Å². The molecule has 3 rings (SSSR count). The molecule has 9 heteroatoms. The maximum atomic E-state index is 13.6. The maximum absolute atomic E-state index is 13.6. The molecule has 1 aliphatic heterocycles. The Hall–Kier alpha value is -3.62. The third-order valence-corrected chi connectivity index (χ3v) is 4.02. The Balaban J connectivity index is 1.97. The molecule has 0 saturated heterocycles. The van der Waals surface area contributed by atoms with Crippen LogP contribution in [0.4, 0.5) is 18.9 Å². The highest BCUT2D eigenvalue weighted by Gasteiger charge is 2.46. The lowest BCUT2D eigenvalue weighted by Gasteiger charge is -2.11. The largest absolute Gasteiger partial charge is 0.481 e. The third-order valence-electron chi connectivity index (χ3n) is 4.02. The summed E-state index contributed by atoms with van der Waals surface area (Å²) in [6.45, 7) is 1.39. The summed E-state index contributed by atoms with van der Waals surface area (Å²) >= 11 is 0. The number of para-hydroxylation sites is 2. The van der Waals surface area contributed by atoms with Gasteiger partial charge < -0.3 is 9.47 Å². The number of nitrogens with zero attached hydrogens (tertiary/aromatic N) is 2. The van der Waals surface area contributed by atoms with Gasteiger partial charge in [0.05, 0.1) is 17.9 Å². The summed E-state index contributed by atoms with van der Waals surface area (Å²) < 4.78 is 50.9. The fraction of sp³-hybridized carbons (Fsp3) is 0.190. The minimum atomic E-state index is -4.84. The Morgan fingerprint density at radius 2 is 1.77 bits per heavy atom. The van der Waals surface area contributed by atoms with Crippen LogP contribution in [-0.4, -0.2) is 37.0 Å². The molecule has 1 amide bonds. The van der Waals surface area contributed by atoms with Gasteiger partial charge in [0.15, 0.2) is 12.3 Å². The molecule has 0 aromatic heterocycles. The summed E-state index contributed by atoms with van der Waals surface area (Å²) in [7, 11) is 0. The van der Waals surface area contributed by atoms with Gasteiger partial charge in [0, 0.05) is 5.56 Å². The molecule has 1 aliphatic rings. The molecule has 30 heavy (non-hydrogen) atoms. The maximum Gasteiger partial charge on any atom is 0.435 e. The molecule has 0 atom stereocenters. The molecule has 0 saturated carbocycles. The average Bonchev–Trinajstić information content (AvgIpc) is 3.05. The molecular weight excluding hydrogens is 401 g/mol. The van der Waals surface area contributed by atoms with Gasteiger partial charge >= 0.3 is 12.1 Å². The summed E-state index contributed by atoms with van der Waals surface area (Å²) in [6.07, 6.45) is -3.79. The van der Waals surface area contributed by atoms with Crippen LogP contribution in [0.5, 0.6) is 5.75 Å². The second kappa shape index (κ2) is 8.81. The molecule has 2 aromatic carbocycles. The van der Waals surface area contributed by atoms with Crippen molar-refractivity contribution in [2.75, 3.05) is 18.2 Å². The lowest BCUT2D eigenvalue weighted by atomic mass is 10.1. The number of carbonyl (C=O) groups is 2. The number of ether oxygens (including phenoxy) is 2. The first kappa shape index (κ1) is 21.1. The van der Waals surface area contributed by atoms with Crippen molar-refractivity contribution in [3.8, 4) is 5.75 Å². The molecular formula is C21H17F3N2O4. The van der Waals surface area contributed by atoms with Crippen LogP contribution < -0.4 is 9.75 Å². The average molecular weight is 418 g/mol. The predicted octanol–water partition coefficient (Wildman–Crippen LogP) is 3.98. The normalized spacial score (nSPS) is 15.3. The second-order valence-electron chi connectivity index (χ2n) is 6.09. The molecule has 1 heterocycles. The van der Waals surface area contributed by atoms with E-state index in [1.165, 1.54) is 24.3 Å². The Bertz CT molecular complexity index is 1000. The highest BCUT2D eigenvalue weighted by molar-refractivity contribution is 6.34. The number of anilines is 1. The molecule has 0 bridgehead atoms. The summed E-state index contributed by atoms with van der Waals surface area (Å²) in [6, 6.07) is 13.9. The van der Waals surface area contributed by atoms with E-state index in [1.54, 1.807) is 37.3 Å². The Morgan fingerprint density at radius 3 is 2.43 bits per heavy atom. The van der Waals surface area contributed by atoms with Crippen molar-refractivity contribution in [3.63, 3.8) is 0 Å². The van der Waals surface area contributed by atoms with Crippen molar-refractivity contribution < 1.29 is 32.2 Å². The molecule has 0 spiro atoms. The first-order chi connectivity index (χ1) is 14.3. The van der Waals surface area contributed by atoms with Crippen molar-refractivity contribution >= 4 is 29.4 Å². The fourth-order valence-electron chi connectivity index (χ4n) is 2.72. The molecule has 2 aromatic rings. The van der Waals surface area contributed by atoms with Crippen LogP contribution >= 0.6 is 0 Å². The minimum Gasteiger partial charge on any atom is -0.481 e. The first-order valence-corrected chi connectivity index (χ1v) is 8.96. The van der Waals surface area contributed by atoms with Crippen molar-refractivity contribution in [2.24, 2.45) is 5.10 Å². The Kier molecular flexibility index (Phi) is 6.20. The number of hydrogen-bond acceptors (Lipinski definition) is 5. The van der Waals surface area contributed by atoms with E-state index in [1.807, 2.05) is 0 Å². The topological polar surface area (TPSA) is 68.2 Å². The minimum absolute atomic E-state index is 0.130. The highest BCUT2D eigenvalue weighted by atomic mass is 19.4. The van der Waals surface area contributed by atoms with E-state index in [4.69, 9.17) is 9.47 Å². The molecule has 0 aliphatic carbocycles. The van der Waals surface area contributed by atoms with Crippen LogP contribution in [0.25, 0.3) is 6.08 Å². The predicted molar refractivity (Wildman–Crippen MR) is 104 cm³/mol. The number of hydrazone groups is 1. The number of rotatable bonds is 6. The standard InChI is InChI=1S/C21H17F3N2O4/c1-2-29-18(27)13-30-17-11-7-6-8-14(17)12-16-19(21(22,23)24)25-26(20(16)28)15-9-4-3-5-10-15/h3-12H,2,13H2,1H3/b16-12-. The highest BCUT2D eigenvalue weighted by Crippen LogP contribution is 2.33. The molecule has 0 fully saturated rings. The van der Waals surface area contributed by atoms with Gasteiger partial charge in [-0.25, -0.2) is 4.79 Å². The van der Waals surface area contributed by atoms with Gasteiger partial charge in [0.25, 0.3) is 5.91 Å². The smallest absolute Gasteiger partial charge is 0.435 e. The summed E-state index contributed by atoms with van der Waals surface area (Å²) in [5.41, 5.74) is -1.54. The fourth-order valence-corrected chi connectivity index (χ4v) is 2.72. The number of amides is 1. The summed E-state index contributed by atoms with van der Waals surface area (Å²) in [5, 5.41) is 4.21. The van der Waals surface area contributed by atoms with Crippen LogP contribution in [-0.2, 0) is 14.3 Å². The van der Waals surface area contributed by atoms with Crippen molar-refractivity contribution in [3.05, 3.63) is 65.7 Å².